The molecule has 45 heavy (non-hydrogen) atoms. The van der Waals surface area contributed by atoms with Crippen molar-refractivity contribution in [3.63, 3.8) is 0 Å². The number of ether oxygens (including phenoxy) is 1. The molecule has 4 aromatic rings. The third-order valence-electron chi connectivity index (χ3n) is 9.16. The van der Waals surface area contributed by atoms with Gasteiger partial charge in [-0.3, -0.25) is 9.56 Å². The number of aryl methyl sites for hydroxylation is 2. The van der Waals surface area contributed by atoms with Crippen molar-refractivity contribution < 1.29 is 13.9 Å². The van der Waals surface area contributed by atoms with E-state index in [9.17, 15) is 4.79 Å². The van der Waals surface area contributed by atoms with Crippen LogP contribution in [-0.4, -0.2) is 55.1 Å². The maximum Gasteiger partial charge on any atom is 0.410 e. The van der Waals surface area contributed by atoms with Gasteiger partial charge < -0.3 is 14.1 Å². The fourth-order valence-corrected chi connectivity index (χ4v) is 8.22. The molecule has 10 heteroatoms. The molecule has 3 aromatic heterocycles. The number of nitrogens with zero attached hydrogens (tertiary/aromatic N) is 6. The van der Waals surface area contributed by atoms with Crippen LogP contribution in [-0.2, 0) is 11.2 Å². The molecule has 2 aliphatic heterocycles. The Balaban J connectivity index is 1.14. The average Bonchev–Trinajstić information content (AvgIpc) is 3.67. The summed E-state index contributed by atoms with van der Waals surface area (Å²) >= 11 is 1.76. The SMILES string of the molecule is Cc1sc2c(c1C)C(c1ccc(C=C3CC4(CCCN(C(=O)OC(C)(C)C)C4)C3)cc1)=N[C@@H](Cc1ncco1)c1nnc(C)n1-2. The second-order valence-corrected chi connectivity index (χ2v) is 15.0. The number of allylic oxidation sites excluding steroid dienone is 1. The number of hydrogen-bond donors (Lipinski definition) is 0. The molecular weight excluding hydrogens is 584 g/mol. The van der Waals surface area contributed by atoms with Gasteiger partial charge in [0.05, 0.1) is 18.3 Å². The first kappa shape index (κ1) is 29.6. The van der Waals surface area contributed by atoms with Crippen LogP contribution in [0.2, 0.25) is 0 Å². The minimum atomic E-state index is -0.473. The van der Waals surface area contributed by atoms with Crippen LogP contribution in [0, 0.1) is 26.2 Å². The van der Waals surface area contributed by atoms with Crippen LogP contribution in [0.1, 0.15) is 97.2 Å². The number of aromatic nitrogens is 4. The Morgan fingerprint density at radius 1 is 1.16 bits per heavy atom. The summed E-state index contributed by atoms with van der Waals surface area (Å²) in [4.78, 5) is 25.6. The summed E-state index contributed by atoms with van der Waals surface area (Å²) in [5, 5.41) is 10.1. The molecule has 0 unspecified atom stereocenters. The number of hydrogen-bond acceptors (Lipinski definition) is 8. The molecule has 1 aromatic carbocycles. The maximum atomic E-state index is 12.7. The van der Waals surface area contributed by atoms with Crippen molar-refractivity contribution in [3.8, 4) is 5.00 Å². The second-order valence-electron chi connectivity index (χ2n) is 13.8. The minimum Gasteiger partial charge on any atom is -0.449 e. The molecule has 0 N–H and O–H groups in total. The predicted octanol–water partition coefficient (Wildman–Crippen LogP) is 7.57. The molecule has 1 amide bonds. The Morgan fingerprint density at radius 2 is 1.93 bits per heavy atom. The Morgan fingerprint density at radius 3 is 2.64 bits per heavy atom. The van der Waals surface area contributed by atoms with Gasteiger partial charge in [0.1, 0.15) is 28.7 Å². The van der Waals surface area contributed by atoms with Crippen LogP contribution in [0.3, 0.4) is 0 Å². The second kappa shape index (κ2) is 11.1. The van der Waals surface area contributed by atoms with E-state index in [0.29, 0.717) is 12.3 Å². The zero-order valence-corrected chi connectivity index (χ0v) is 27.7. The number of fused-ring (bicyclic) bond motifs is 3. The molecule has 5 heterocycles. The van der Waals surface area contributed by atoms with Gasteiger partial charge in [-0.25, -0.2) is 9.78 Å². The van der Waals surface area contributed by atoms with E-state index in [4.69, 9.17) is 14.1 Å². The van der Waals surface area contributed by atoms with Crippen molar-refractivity contribution in [2.24, 2.45) is 10.4 Å². The molecule has 0 bridgehead atoms. The topological polar surface area (TPSA) is 98.6 Å². The number of oxazole rings is 1. The van der Waals surface area contributed by atoms with Crippen molar-refractivity contribution in [2.45, 2.75) is 85.3 Å². The van der Waals surface area contributed by atoms with Crippen molar-refractivity contribution in [2.75, 3.05) is 13.1 Å². The smallest absolute Gasteiger partial charge is 0.410 e. The van der Waals surface area contributed by atoms with Gasteiger partial charge in [-0.1, -0.05) is 35.9 Å². The van der Waals surface area contributed by atoms with Gasteiger partial charge in [0, 0.05) is 29.1 Å². The van der Waals surface area contributed by atoms with Gasteiger partial charge in [0.15, 0.2) is 11.7 Å². The number of thiophene rings is 1. The summed E-state index contributed by atoms with van der Waals surface area (Å²) in [7, 11) is 0. The molecule has 1 atom stereocenters. The molecule has 1 saturated heterocycles. The lowest BCUT2D eigenvalue weighted by Crippen LogP contribution is -2.51. The summed E-state index contributed by atoms with van der Waals surface area (Å²) < 4.78 is 13.4. The summed E-state index contributed by atoms with van der Waals surface area (Å²) in [6, 6.07) is 8.46. The number of piperidine rings is 1. The lowest BCUT2D eigenvalue weighted by atomic mass is 9.61. The van der Waals surface area contributed by atoms with Crippen molar-refractivity contribution in [1.29, 1.82) is 0 Å². The average molecular weight is 625 g/mol. The number of rotatable bonds is 4. The first-order valence-corrected chi connectivity index (χ1v) is 16.6. The van der Waals surface area contributed by atoms with Crippen LogP contribution in [0.5, 0.6) is 0 Å². The van der Waals surface area contributed by atoms with E-state index in [-0.39, 0.29) is 17.6 Å². The van der Waals surface area contributed by atoms with E-state index < -0.39 is 5.60 Å². The van der Waals surface area contributed by atoms with Crippen LogP contribution >= 0.6 is 11.3 Å². The molecule has 0 radical (unpaired) electrons. The Labute approximate surface area is 268 Å². The van der Waals surface area contributed by atoms with Crippen LogP contribution in [0.15, 0.2) is 51.7 Å². The molecule has 234 valence electrons. The van der Waals surface area contributed by atoms with Gasteiger partial charge in [0.2, 0.25) is 0 Å². The van der Waals surface area contributed by atoms with Crippen molar-refractivity contribution in [1.82, 2.24) is 24.6 Å². The highest BCUT2D eigenvalue weighted by atomic mass is 32.1. The molecule has 1 aliphatic carbocycles. The van der Waals surface area contributed by atoms with Crippen molar-refractivity contribution >= 4 is 29.2 Å². The van der Waals surface area contributed by atoms with E-state index in [1.807, 2.05) is 32.6 Å². The zero-order chi connectivity index (χ0) is 31.5. The maximum absolute atomic E-state index is 12.7. The molecule has 9 nitrogen and oxygen atoms in total. The minimum absolute atomic E-state index is 0.177. The molecule has 2 fully saturated rings. The van der Waals surface area contributed by atoms with Crippen LogP contribution in [0.25, 0.3) is 11.1 Å². The molecule has 7 rings (SSSR count). The fraction of sp³-hybridized carbons (Fsp3) is 0.457. The molecular formula is C35H40N6O3S. The highest BCUT2D eigenvalue weighted by Crippen LogP contribution is 2.51. The van der Waals surface area contributed by atoms with Gasteiger partial charge in [-0.15, -0.1) is 21.5 Å². The normalized spacial score (nSPS) is 21.1. The first-order chi connectivity index (χ1) is 21.5. The van der Waals surface area contributed by atoms with E-state index >= 15 is 0 Å². The Hall–Kier alpha value is -4.05. The Bertz CT molecular complexity index is 1800. The first-order valence-electron chi connectivity index (χ1n) is 15.8. The van der Waals surface area contributed by atoms with E-state index in [1.165, 1.54) is 21.6 Å². The zero-order valence-electron chi connectivity index (χ0n) is 26.9. The fourth-order valence-electron chi connectivity index (χ4n) is 7.01. The highest BCUT2D eigenvalue weighted by molar-refractivity contribution is 7.15. The summed E-state index contributed by atoms with van der Waals surface area (Å²) in [5.74, 6) is 2.27. The van der Waals surface area contributed by atoms with Crippen molar-refractivity contribution in [3.05, 3.63) is 87.0 Å². The number of likely N-dealkylation sites (tertiary alicyclic amines) is 1. The summed E-state index contributed by atoms with van der Waals surface area (Å²) in [5.41, 5.74) is 6.71. The summed E-state index contributed by atoms with van der Waals surface area (Å²) in [6.45, 7) is 13.7. The monoisotopic (exact) mass is 624 g/mol. The van der Waals surface area contributed by atoms with Gasteiger partial charge in [0.25, 0.3) is 0 Å². The van der Waals surface area contributed by atoms with Gasteiger partial charge >= 0.3 is 6.09 Å². The quantitative estimate of drug-likeness (QED) is 0.232. The number of benzene rings is 1. The lowest BCUT2D eigenvalue weighted by molar-refractivity contribution is -0.00356. The highest BCUT2D eigenvalue weighted by Gasteiger charge is 2.45. The third kappa shape index (κ3) is 5.65. The number of carbonyl (C=O) groups is 1. The summed E-state index contributed by atoms with van der Waals surface area (Å²) in [6.07, 6.45) is 10.1. The molecule has 3 aliphatic rings. The third-order valence-corrected chi connectivity index (χ3v) is 10.4. The molecule has 1 saturated carbocycles. The largest absolute Gasteiger partial charge is 0.449 e. The van der Waals surface area contributed by atoms with E-state index in [0.717, 1.165) is 72.3 Å². The molecule has 1 spiro atoms. The number of amides is 1. The standard InChI is InChI=1S/C35H40N6O3S/c1-21-22(2)45-32-29(21)30(37-27(17-28-36-13-15-43-28)31-39-38-23(3)41(31)32)26-10-8-24(9-11-26)16-25-18-35(19-25)12-7-14-40(20-35)33(42)44-34(4,5)6/h8-11,13,15-16,27H,7,12,14,17-20H2,1-6H3/t27-,35?/m0/s1. The Kier molecular flexibility index (Phi) is 7.30. The van der Waals surface area contributed by atoms with E-state index in [1.54, 1.807) is 23.8 Å². The predicted molar refractivity (Wildman–Crippen MR) is 175 cm³/mol. The van der Waals surface area contributed by atoms with Gasteiger partial charge in [-0.2, -0.15) is 0 Å². The number of aliphatic imine (C=N–C) groups is 1. The number of carbonyl (C=O) groups excluding carboxylic acids is 1. The van der Waals surface area contributed by atoms with E-state index in [2.05, 4.69) is 63.9 Å². The van der Waals surface area contributed by atoms with Crippen LogP contribution in [0.4, 0.5) is 4.79 Å². The van der Waals surface area contributed by atoms with Crippen LogP contribution < -0.4 is 0 Å². The lowest BCUT2D eigenvalue weighted by Gasteiger charge is -2.50. The van der Waals surface area contributed by atoms with Gasteiger partial charge in [-0.05, 0) is 83.8 Å².